The molecule has 0 unspecified atom stereocenters. The molecule has 26 heavy (non-hydrogen) atoms. The average molecular weight is 404 g/mol. The molecular formula is C17H14ClN5OS2. The molecule has 0 aliphatic rings. The van der Waals surface area contributed by atoms with Gasteiger partial charge < -0.3 is 9.88 Å². The van der Waals surface area contributed by atoms with Crippen molar-refractivity contribution < 1.29 is 4.79 Å². The van der Waals surface area contributed by atoms with Crippen LogP contribution < -0.4 is 5.32 Å². The Hall–Kier alpha value is -2.34. The van der Waals surface area contributed by atoms with Crippen LogP contribution in [0.5, 0.6) is 0 Å². The van der Waals surface area contributed by atoms with E-state index in [4.69, 9.17) is 16.9 Å². The van der Waals surface area contributed by atoms with Crippen LogP contribution in [-0.4, -0.2) is 26.4 Å². The monoisotopic (exact) mass is 403 g/mol. The predicted molar refractivity (Wildman–Crippen MR) is 104 cm³/mol. The molecular weight excluding hydrogens is 390 g/mol. The summed E-state index contributed by atoms with van der Waals surface area (Å²) in [7, 11) is 1.91. The van der Waals surface area contributed by atoms with Gasteiger partial charge in [-0.3, -0.25) is 4.79 Å². The van der Waals surface area contributed by atoms with Crippen LogP contribution in [0.25, 0.3) is 10.7 Å². The van der Waals surface area contributed by atoms with E-state index in [0.717, 1.165) is 15.9 Å². The molecule has 2 heterocycles. The van der Waals surface area contributed by atoms with Crippen LogP contribution in [0.1, 0.15) is 12.0 Å². The van der Waals surface area contributed by atoms with Crippen molar-refractivity contribution in [3.63, 3.8) is 0 Å². The molecule has 0 fully saturated rings. The summed E-state index contributed by atoms with van der Waals surface area (Å²) < 4.78 is 1.93. The van der Waals surface area contributed by atoms with Crippen LogP contribution in [0.4, 0.5) is 5.69 Å². The Balaban J connectivity index is 1.53. The molecule has 0 aliphatic carbocycles. The Morgan fingerprint density at radius 3 is 2.96 bits per heavy atom. The number of carbonyl (C=O) groups excluding carboxylic acids is 1. The van der Waals surface area contributed by atoms with Gasteiger partial charge in [0.05, 0.1) is 15.5 Å². The van der Waals surface area contributed by atoms with Gasteiger partial charge in [-0.15, -0.1) is 21.5 Å². The minimum Gasteiger partial charge on any atom is -0.326 e. The highest BCUT2D eigenvalue weighted by Crippen LogP contribution is 2.26. The number of nitrogens with zero attached hydrogens (tertiary/aromatic N) is 4. The molecule has 132 valence electrons. The number of rotatable bonds is 6. The molecule has 3 rings (SSSR count). The van der Waals surface area contributed by atoms with Gasteiger partial charge in [-0.1, -0.05) is 29.4 Å². The second-order valence-corrected chi connectivity index (χ2v) is 7.71. The minimum atomic E-state index is -0.126. The molecule has 1 amide bonds. The van der Waals surface area contributed by atoms with E-state index in [1.165, 1.54) is 11.8 Å². The fourth-order valence-corrected chi connectivity index (χ4v) is 4.02. The lowest BCUT2D eigenvalue weighted by atomic mass is 10.2. The Bertz CT molecular complexity index is 962. The summed E-state index contributed by atoms with van der Waals surface area (Å²) in [5.74, 6) is 1.27. The molecule has 6 nitrogen and oxygen atoms in total. The lowest BCUT2D eigenvalue weighted by Gasteiger charge is -2.06. The highest BCUT2D eigenvalue weighted by atomic mass is 35.5. The SMILES string of the molecule is Cn1c(SCCC(=O)Nc2ccc(C#N)c(Cl)c2)nnc1-c1cccs1. The summed E-state index contributed by atoms with van der Waals surface area (Å²) >= 11 is 9.05. The third-order valence-corrected chi connectivity index (χ3v) is 5.71. The zero-order chi connectivity index (χ0) is 18.5. The Morgan fingerprint density at radius 1 is 1.42 bits per heavy atom. The van der Waals surface area contributed by atoms with Crippen molar-refractivity contribution in [2.45, 2.75) is 11.6 Å². The number of nitriles is 1. The number of benzene rings is 1. The molecule has 1 N–H and O–H groups in total. The number of nitrogens with one attached hydrogen (secondary N) is 1. The van der Waals surface area contributed by atoms with Crippen molar-refractivity contribution in [2.24, 2.45) is 7.05 Å². The Morgan fingerprint density at radius 2 is 2.27 bits per heavy atom. The molecule has 0 saturated heterocycles. The number of amides is 1. The van der Waals surface area contributed by atoms with E-state index in [2.05, 4.69) is 15.5 Å². The molecule has 0 aliphatic heterocycles. The van der Waals surface area contributed by atoms with Crippen LogP contribution in [0, 0.1) is 11.3 Å². The quantitative estimate of drug-likeness (QED) is 0.624. The van der Waals surface area contributed by atoms with Gasteiger partial charge in [-0.2, -0.15) is 5.26 Å². The fraction of sp³-hybridized carbons (Fsp3) is 0.176. The van der Waals surface area contributed by atoms with Crippen molar-refractivity contribution in [1.82, 2.24) is 14.8 Å². The first-order chi connectivity index (χ1) is 12.6. The van der Waals surface area contributed by atoms with Gasteiger partial charge in [0.2, 0.25) is 5.91 Å². The fourth-order valence-electron chi connectivity index (χ4n) is 2.20. The van der Waals surface area contributed by atoms with Crippen LogP contribution in [0.2, 0.25) is 5.02 Å². The number of thioether (sulfide) groups is 1. The summed E-state index contributed by atoms with van der Waals surface area (Å²) in [6, 6.07) is 10.8. The zero-order valence-electron chi connectivity index (χ0n) is 13.8. The molecule has 0 spiro atoms. The first kappa shape index (κ1) is 18.5. The molecule has 1 aromatic carbocycles. The Labute approximate surface area is 163 Å². The van der Waals surface area contributed by atoms with E-state index < -0.39 is 0 Å². The van der Waals surface area contributed by atoms with E-state index in [-0.39, 0.29) is 5.91 Å². The van der Waals surface area contributed by atoms with E-state index in [1.54, 1.807) is 29.5 Å². The maximum Gasteiger partial charge on any atom is 0.225 e. The predicted octanol–water partition coefficient (Wildman–Crippen LogP) is 4.19. The number of carbonyl (C=O) groups is 1. The minimum absolute atomic E-state index is 0.126. The largest absolute Gasteiger partial charge is 0.326 e. The van der Waals surface area contributed by atoms with Gasteiger partial charge in [0.25, 0.3) is 0 Å². The highest BCUT2D eigenvalue weighted by Gasteiger charge is 2.12. The van der Waals surface area contributed by atoms with Crippen LogP contribution in [0.15, 0.2) is 40.9 Å². The number of hydrogen-bond acceptors (Lipinski definition) is 6. The third kappa shape index (κ3) is 4.25. The zero-order valence-corrected chi connectivity index (χ0v) is 16.2. The van der Waals surface area contributed by atoms with Gasteiger partial charge in [0.15, 0.2) is 11.0 Å². The van der Waals surface area contributed by atoms with E-state index >= 15 is 0 Å². The molecule has 0 bridgehead atoms. The van der Waals surface area contributed by atoms with Crippen LogP contribution in [-0.2, 0) is 11.8 Å². The van der Waals surface area contributed by atoms with Crippen LogP contribution >= 0.6 is 34.7 Å². The van der Waals surface area contributed by atoms with Gasteiger partial charge >= 0.3 is 0 Å². The average Bonchev–Trinajstić information content (AvgIpc) is 3.25. The van der Waals surface area contributed by atoms with Crippen molar-refractivity contribution in [2.75, 3.05) is 11.1 Å². The maximum absolute atomic E-state index is 12.1. The summed E-state index contributed by atoms with van der Waals surface area (Å²) in [5, 5.41) is 23.1. The molecule has 9 heteroatoms. The highest BCUT2D eigenvalue weighted by molar-refractivity contribution is 7.99. The van der Waals surface area contributed by atoms with Gasteiger partial charge in [-0.05, 0) is 29.6 Å². The van der Waals surface area contributed by atoms with Gasteiger partial charge in [0, 0.05) is 24.9 Å². The van der Waals surface area contributed by atoms with Crippen molar-refractivity contribution >= 4 is 46.3 Å². The Kier molecular flexibility index (Phi) is 5.93. The smallest absolute Gasteiger partial charge is 0.225 e. The number of anilines is 1. The molecule has 3 aromatic rings. The first-order valence-corrected chi connectivity index (χ1v) is 9.88. The number of hydrogen-bond donors (Lipinski definition) is 1. The van der Waals surface area contributed by atoms with E-state index in [9.17, 15) is 4.79 Å². The van der Waals surface area contributed by atoms with E-state index in [1.807, 2.05) is 35.2 Å². The standard InChI is InChI=1S/C17H14ClN5OS2/c1-23-16(14-3-2-7-25-14)21-22-17(23)26-8-6-15(24)20-12-5-4-11(10-19)13(18)9-12/h2-5,7,9H,6,8H2,1H3,(H,20,24). The molecule has 2 aromatic heterocycles. The second-order valence-electron chi connectivity index (χ2n) is 5.30. The number of aromatic nitrogens is 3. The maximum atomic E-state index is 12.1. The van der Waals surface area contributed by atoms with E-state index in [0.29, 0.717) is 28.4 Å². The summed E-state index contributed by atoms with van der Waals surface area (Å²) in [5.41, 5.74) is 0.951. The third-order valence-electron chi connectivity index (χ3n) is 3.51. The van der Waals surface area contributed by atoms with Crippen LogP contribution in [0.3, 0.4) is 0 Å². The van der Waals surface area contributed by atoms with Crippen molar-refractivity contribution in [1.29, 1.82) is 5.26 Å². The summed E-state index contributed by atoms with van der Waals surface area (Å²) in [4.78, 5) is 13.1. The molecule has 0 saturated carbocycles. The summed E-state index contributed by atoms with van der Waals surface area (Å²) in [6.07, 6.45) is 0.323. The number of halogens is 1. The lowest BCUT2D eigenvalue weighted by molar-refractivity contribution is -0.115. The van der Waals surface area contributed by atoms with Gasteiger partial charge in [-0.25, -0.2) is 0 Å². The first-order valence-electron chi connectivity index (χ1n) is 7.64. The normalized spacial score (nSPS) is 10.5. The molecule has 0 radical (unpaired) electrons. The number of thiophene rings is 1. The lowest BCUT2D eigenvalue weighted by Crippen LogP contribution is -2.12. The van der Waals surface area contributed by atoms with Gasteiger partial charge in [0.1, 0.15) is 6.07 Å². The van der Waals surface area contributed by atoms with Crippen molar-refractivity contribution in [3.8, 4) is 16.8 Å². The summed E-state index contributed by atoms with van der Waals surface area (Å²) in [6.45, 7) is 0. The second kappa shape index (κ2) is 8.36. The van der Waals surface area contributed by atoms with Crippen molar-refractivity contribution in [3.05, 3.63) is 46.3 Å². The molecule has 0 atom stereocenters. The topological polar surface area (TPSA) is 83.6 Å².